The molecule has 0 radical (unpaired) electrons. The average molecular weight is 532 g/mol. The summed E-state index contributed by atoms with van der Waals surface area (Å²) in [5.74, 6) is -0.205. The third kappa shape index (κ3) is 6.01. The second-order valence-corrected chi connectivity index (χ2v) is 11.7. The Bertz CT molecular complexity index is 1270. The number of carboxylic acid groups (broad SMARTS) is 1. The fourth-order valence-electron chi connectivity index (χ4n) is 5.54. The van der Waals surface area contributed by atoms with Gasteiger partial charge in [-0.2, -0.15) is 0 Å². The summed E-state index contributed by atoms with van der Waals surface area (Å²) >= 11 is 0. The smallest absolute Gasteiger partial charge is 0.329 e. The number of imidazole rings is 1. The van der Waals surface area contributed by atoms with E-state index >= 15 is 0 Å². The van der Waals surface area contributed by atoms with E-state index in [0.717, 1.165) is 22.6 Å². The van der Waals surface area contributed by atoms with Crippen LogP contribution in [0.15, 0.2) is 66.9 Å². The van der Waals surface area contributed by atoms with Crippen molar-refractivity contribution in [2.75, 3.05) is 19.6 Å². The third-order valence-corrected chi connectivity index (χ3v) is 7.63. The van der Waals surface area contributed by atoms with Gasteiger partial charge in [-0.15, -0.1) is 0 Å². The molecule has 0 saturated carbocycles. The number of nitrogens with two attached hydrogens (primary N) is 1. The van der Waals surface area contributed by atoms with E-state index in [0.29, 0.717) is 45.4 Å². The van der Waals surface area contributed by atoms with Gasteiger partial charge >= 0.3 is 12.0 Å². The molecular weight excluding hydrogens is 490 g/mol. The van der Waals surface area contributed by atoms with Crippen LogP contribution in [0.1, 0.15) is 64.4 Å². The van der Waals surface area contributed by atoms with Crippen molar-refractivity contribution in [1.29, 1.82) is 0 Å². The highest BCUT2D eigenvalue weighted by Gasteiger charge is 2.49. The lowest BCUT2D eigenvalue weighted by Crippen LogP contribution is -2.57. The first-order valence-corrected chi connectivity index (χ1v) is 13.7. The van der Waals surface area contributed by atoms with Crippen LogP contribution in [0.5, 0.6) is 0 Å². The minimum atomic E-state index is -1.24. The highest BCUT2D eigenvalue weighted by molar-refractivity contribution is 5.87. The van der Waals surface area contributed by atoms with Gasteiger partial charge in [0, 0.05) is 31.4 Å². The van der Waals surface area contributed by atoms with Crippen LogP contribution < -0.4 is 5.73 Å². The van der Waals surface area contributed by atoms with E-state index in [-0.39, 0.29) is 6.03 Å². The monoisotopic (exact) mass is 531 g/mol. The van der Waals surface area contributed by atoms with E-state index in [1.807, 2.05) is 53.4 Å². The van der Waals surface area contributed by atoms with Crippen LogP contribution in [0.4, 0.5) is 4.79 Å². The van der Waals surface area contributed by atoms with Gasteiger partial charge in [0.2, 0.25) is 0 Å². The summed E-state index contributed by atoms with van der Waals surface area (Å²) in [6.45, 7) is 9.78. The largest absolute Gasteiger partial charge is 0.480 e. The van der Waals surface area contributed by atoms with Crippen molar-refractivity contribution in [3.8, 4) is 11.3 Å². The standard InChI is InChI=1S/C31H41N5O3/c1-30(2,3)26(35(19-12-18-32)29(39)36-20-11-17-31(36,4)28(37)38)27-33-25(24-15-9-6-10-16-24)22-34(27)21-23-13-7-5-8-14-23/h5-10,13-16,22,26H,11-12,17-21,32H2,1-4H3,(H,37,38)/t26-,31-/m0/s1. The van der Waals surface area contributed by atoms with Crippen LogP contribution in [-0.4, -0.2) is 61.6 Å². The Kier molecular flexibility index (Phi) is 8.45. The Labute approximate surface area is 231 Å². The summed E-state index contributed by atoms with van der Waals surface area (Å²) in [4.78, 5) is 35.1. The summed E-state index contributed by atoms with van der Waals surface area (Å²) in [6, 6.07) is 19.5. The molecule has 2 aromatic carbocycles. The summed E-state index contributed by atoms with van der Waals surface area (Å²) in [5.41, 5.74) is 7.23. The molecule has 1 aliphatic heterocycles. The van der Waals surface area contributed by atoms with Gasteiger partial charge in [-0.1, -0.05) is 81.4 Å². The van der Waals surface area contributed by atoms with E-state index in [1.54, 1.807) is 6.92 Å². The summed E-state index contributed by atoms with van der Waals surface area (Å²) in [7, 11) is 0. The maximum atomic E-state index is 14.3. The highest BCUT2D eigenvalue weighted by atomic mass is 16.4. The summed E-state index contributed by atoms with van der Waals surface area (Å²) in [5, 5.41) is 10.1. The van der Waals surface area contributed by atoms with Gasteiger partial charge in [0.25, 0.3) is 0 Å². The first-order valence-electron chi connectivity index (χ1n) is 13.7. The fourth-order valence-corrected chi connectivity index (χ4v) is 5.54. The van der Waals surface area contributed by atoms with Crippen molar-refractivity contribution in [3.05, 3.63) is 78.2 Å². The Morgan fingerprint density at radius 2 is 1.74 bits per heavy atom. The lowest BCUT2D eigenvalue weighted by Gasteiger charge is -2.43. The van der Waals surface area contributed by atoms with Gasteiger partial charge in [-0.05, 0) is 43.7 Å². The molecule has 1 fully saturated rings. The molecule has 8 nitrogen and oxygen atoms in total. The zero-order valence-electron chi connectivity index (χ0n) is 23.5. The van der Waals surface area contributed by atoms with Crippen LogP contribution >= 0.6 is 0 Å². The molecule has 1 aromatic heterocycles. The first kappa shape index (κ1) is 28.4. The quantitative estimate of drug-likeness (QED) is 0.385. The molecule has 2 atom stereocenters. The van der Waals surface area contributed by atoms with Crippen molar-refractivity contribution in [2.24, 2.45) is 11.1 Å². The number of rotatable bonds is 9. The van der Waals surface area contributed by atoms with Crippen LogP contribution in [0.25, 0.3) is 11.3 Å². The molecule has 0 unspecified atom stereocenters. The normalized spacial score (nSPS) is 18.2. The molecule has 0 spiro atoms. The fraction of sp³-hybridized carbons (Fsp3) is 0.452. The topological polar surface area (TPSA) is 105 Å². The van der Waals surface area contributed by atoms with E-state index in [1.165, 1.54) is 4.90 Å². The molecule has 208 valence electrons. The number of nitrogens with zero attached hydrogens (tertiary/aromatic N) is 4. The summed E-state index contributed by atoms with van der Waals surface area (Å²) < 4.78 is 2.14. The van der Waals surface area contributed by atoms with Gasteiger partial charge in [0.05, 0.1) is 11.7 Å². The van der Waals surface area contributed by atoms with Gasteiger partial charge in [-0.25, -0.2) is 14.6 Å². The number of hydrogen-bond donors (Lipinski definition) is 2. The van der Waals surface area contributed by atoms with Crippen LogP contribution in [0, 0.1) is 5.41 Å². The SMILES string of the molecule is CC(C)(C)[C@H](c1nc(-c2ccccc2)cn1Cc1ccccc1)N(CCCN)C(=O)N1CCC[C@@]1(C)C(=O)O. The van der Waals surface area contributed by atoms with Gasteiger partial charge in [-0.3, -0.25) is 0 Å². The summed E-state index contributed by atoms with van der Waals surface area (Å²) in [6.07, 6.45) is 3.74. The minimum Gasteiger partial charge on any atom is -0.480 e. The first-order chi connectivity index (χ1) is 18.6. The highest BCUT2D eigenvalue weighted by Crippen LogP contribution is 2.41. The average Bonchev–Trinajstić information content (AvgIpc) is 3.51. The number of aromatic nitrogens is 2. The maximum absolute atomic E-state index is 14.3. The molecule has 8 heteroatoms. The molecule has 2 heterocycles. The minimum absolute atomic E-state index is 0.277. The van der Waals surface area contributed by atoms with E-state index in [2.05, 4.69) is 43.7 Å². The van der Waals surface area contributed by atoms with E-state index < -0.39 is 23.0 Å². The number of carbonyl (C=O) groups is 2. The predicted molar refractivity (Wildman–Crippen MR) is 153 cm³/mol. The Hall–Kier alpha value is -3.65. The maximum Gasteiger partial charge on any atom is 0.329 e. The molecule has 1 aliphatic rings. The van der Waals surface area contributed by atoms with E-state index in [9.17, 15) is 14.7 Å². The molecule has 1 saturated heterocycles. The molecule has 3 aromatic rings. The molecule has 0 bridgehead atoms. The third-order valence-electron chi connectivity index (χ3n) is 7.63. The molecule has 4 rings (SSSR count). The molecule has 2 amide bonds. The zero-order chi connectivity index (χ0) is 28.2. The van der Waals surface area contributed by atoms with E-state index in [4.69, 9.17) is 10.7 Å². The van der Waals surface area contributed by atoms with Crippen LogP contribution in [0.2, 0.25) is 0 Å². The number of aliphatic carboxylic acids is 1. The van der Waals surface area contributed by atoms with Crippen molar-refractivity contribution in [1.82, 2.24) is 19.4 Å². The van der Waals surface area contributed by atoms with Gasteiger partial charge < -0.3 is 25.2 Å². The van der Waals surface area contributed by atoms with Crippen molar-refractivity contribution in [3.63, 3.8) is 0 Å². The second kappa shape index (κ2) is 11.6. The van der Waals surface area contributed by atoms with Crippen molar-refractivity contribution >= 4 is 12.0 Å². The van der Waals surface area contributed by atoms with Crippen molar-refractivity contribution < 1.29 is 14.7 Å². The number of carbonyl (C=O) groups excluding carboxylic acids is 1. The lowest BCUT2D eigenvalue weighted by atomic mass is 9.84. The van der Waals surface area contributed by atoms with Gasteiger partial charge in [0.1, 0.15) is 11.4 Å². The van der Waals surface area contributed by atoms with Crippen LogP contribution in [-0.2, 0) is 11.3 Å². The number of benzene rings is 2. The number of urea groups is 1. The van der Waals surface area contributed by atoms with Crippen LogP contribution in [0.3, 0.4) is 0 Å². The molecular formula is C31H41N5O3. The molecule has 3 N–H and O–H groups in total. The lowest BCUT2D eigenvalue weighted by molar-refractivity contribution is -0.147. The zero-order valence-corrected chi connectivity index (χ0v) is 23.5. The number of likely N-dealkylation sites (tertiary alicyclic amines) is 1. The predicted octanol–water partition coefficient (Wildman–Crippen LogP) is 5.40. The number of amides is 2. The Balaban J connectivity index is 1.85. The number of carboxylic acids is 1. The Morgan fingerprint density at radius 3 is 2.33 bits per heavy atom. The Morgan fingerprint density at radius 1 is 1.10 bits per heavy atom. The molecule has 0 aliphatic carbocycles. The molecule has 39 heavy (non-hydrogen) atoms. The van der Waals surface area contributed by atoms with Crippen molar-refractivity contribution in [2.45, 2.75) is 65.1 Å². The number of hydrogen-bond acceptors (Lipinski definition) is 4. The van der Waals surface area contributed by atoms with Gasteiger partial charge in [0.15, 0.2) is 0 Å². The second-order valence-electron chi connectivity index (χ2n) is 11.7.